The standard InChI is InChI=1S/C13H14FN3O2/c1-2-16-6-5-12(18)17(13(16)19)8-9-3-4-10(14)7-11(9)15/h3-7H,2,8,15H2,1H3. The van der Waals surface area contributed by atoms with Crippen LogP contribution in [0.15, 0.2) is 40.1 Å². The van der Waals surface area contributed by atoms with E-state index in [4.69, 9.17) is 5.73 Å². The Balaban J connectivity index is 2.49. The van der Waals surface area contributed by atoms with Crippen molar-refractivity contribution in [3.05, 3.63) is 62.7 Å². The maximum absolute atomic E-state index is 12.9. The van der Waals surface area contributed by atoms with Crippen LogP contribution in [0.4, 0.5) is 10.1 Å². The molecule has 0 amide bonds. The van der Waals surface area contributed by atoms with Crippen LogP contribution in [0.5, 0.6) is 0 Å². The van der Waals surface area contributed by atoms with Gasteiger partial charge in [-0.2, -0.15) is 0 Å². The van der Waals surface area contributed by atoms with Gasteiger partial charge in [0.25, 0.3) is 5.56 Å². The molecule has 2 aromatic rings. The number of hydrogen-bond donors (Lipinski definition) is 1. The zero-order valence-corrected chi connectivity index (χ0v) is 10.5. The molecule has 0 radical (unpaired) electrons. The zero-order chi connectivity index (χ0) is 14.0. The second-order valence-corrected chi connectivity index (χ2v) is 4.15. The third kappa shape index (κ3) is 2.57. The number of nitrogens with zero attached hydrogens (tertiary/aromatic N) is 2. The fourth-order valence-electron chi connectivity index (χ4n) is 1.82. The van der Waals surface area contributed by atoms with Gasteiger partial charge in [0.15, 0.2) is 0 Å². The molecule has 2 N–H and O–H groups in total. The van der Waals surface area contributed by atoms with Gasteiger partial charge in [-0.05, 0) is 24.6 Å². The summed E-state index contributed by atoms with van der Waals surface area (Å²) in [7, 11) is 0. The summed E-state index contributed by atoms with van der Waals surface area (Å²) in [5.41, 5.74) is 5.62. The zero-order valence-electron chi connectivity index (χ0n) is 10.5. The highest BCUT2D eigenvalue weighted by molar-refractivity contribution is 5.46. The summed E-state index contributed by atoms with van der Waals surface area (Å²) in [5, 5.41) is 0. The number of hydrogen-bond acceptors (Lipinski definition) is 3. The van der Waals surface area contributed by atoms with Gasteiger partial charge in [0.2, 0.25) is 0 Å². The Morgan fingerprint density at radius 1 is 1.26 bits per heavy atom. The Morgan fingerprint density at radius 2 is 2.00 bits per heavy atom. The molecule has 0 fully saturated rings. The molecule has 1 heterocycles. The van der Waals surface area contributed by atoms with Crippen LogP contribution in [0.25, 0.3) is 0 Å². The molecule has 0 atom stereocenters. The monoisotopic (exact) mass is 263 g/mol. The van der Waals surface area contributed by atoms with Crippen LogP contribution in [-0.4, -0.2) is 9.13 Å². The molecular formula is C13H14FN3O2. The number of nitrogens with two attached hydrogens (primary N) is 1. The lowest BCUT2D eigenvalue weighted by atomic mass is 10.2. The van der Waals surface area contributed by atoms with Crippen molar-refractivity contribution in [2.75, 3.05) is 5.73 Å². The summed E-state index contributed by atoms with van der Waals surface area (Å²) >= 11 is 0. The highest BCUT2D eigenvalue weighted by Gasteiger charge is 2.07. The molecule has 2 rings (SSSR count). The van der Waals surface area contributed by atoms with Gasteiger partial charge in [-0.1, -0.05) is 6.07 Å². The first-order chi connectivity index (χ1) is 9.02. The predicted molar refractivity (Wildman–Crippen MR) is 70.6 cm³/mol. The molecule has 0 spiro atoms. The third-order valence-corrected chi connectivity index (χ3v) is 2.92. The SMILES string of the molecule is CCn1ccc(=O)n(Cc2ccc(F)cc2N)c1=O. The fraction of sp³-hybridized carbons (Fsp3) is 0.231. The maximum Gasteiger partial charge on any atom is 0.331 e. The maximum atomic E-state index is 12.9. The lowest BCUT2D eigenvalue weighted by Gasteiger charge is -2.10. The number of nitrogen functional groups attached to an aromatic ring is 1. The van der Waals surface area contributed by atoms with Crippen molar-refractivity contribution in [2.24, 2.45) is 0 Å². The molecule has 1 aromatic carbocycles. The molecule has 0 unspecified atom stereocenters. The Morgan fingerprint density at radius 3 is 2.63 bits per heavy atom. The van der Waals surface area contributed by atoms with Crippen LogP contribution in [0, 0.1) is 5.82 Å². The van der Waals surface area contributed by atoms with E-state index in [-0.39, 0.29) is 12.2 Å². The van der Waals surface area contributed by atoms with Gasteiger partial charge in [-0.3, -0.25) is 9.36 Å². The van der Waals surface area contributed by atoms with Crippen molar-refractivity contribution in [3.63, 3.8) is 0 Å². The molecule has 1 aromatic heterocycles. The minimum Gasteiger partial charge on any atom is -0.398 e. The fourth-order valence-corrected chi connectivity index (χ4v) is 1.82. The average Bonchev–Trinajstić information content (AvgIpc) is 2.37. The lowest BCUT2D eigenvalue weighted by Crippen LogP contribution is -2.39. The molecule has 100 valence electrons. The Kier molecular flexibility index (Phi) is 3.50. The first-order valence-corrected chi connectivity index (χ1v) is 5.87. The van der Waals surface area contributed by atoms with Gasteiger partial charge in [0.05, 0.1) is 6.54 Å². The molecule has 19 heavy (non-hydrogen) atoms. The third-order valence-electron chi connectivity index (χ3n) is 2.92. The van der Waals surface area contributed by atoms with E-state index in [0.717, 1.165) is 4.57 Å². The van der Waals surface area contributed by atoms with E-state index in [0.29, 0.717) is 12.1 Å². The summed E-state index contributed by atoms with van der Waals surface area (Å²) in [6.45, 7) is 2.31. The molecule has 0 bridgehead atoms. The van der Waals surface area contributed by atoms with E-state index in [9.17, 15) is 14.0 Å². The number of anilines is 1. The highest BCUT2D eigenvalue weighted by atomic mass is 19.1. The van der Waals surface area contributed by atoms with Gasteiger partial charge < -0.3 is 10.3 Å². The van der Waals surface area contributed by atoms with Crippen LogP contribution in [0.1, 0.15) is 12.5 Å². The van der Waals surface area contributed by atoms with Gasteiger partial charge >= 0.3 is 5.69 Å². The van der Waals surface area contributed by atoms with Crippen molar-refractivity contribution < 1.29 is 4.39 Å². The molecule has 5 nitrogen and oxygen atoms in total. The minimum absolute atomic E-state index is 0.0324. The molecular weight excluding hydrogens is 249 g/mol. The summed E-state index contributed by atoms with van der Waals surface area (Å²) in [6, 6.07) is 5.21. The molecule has 0 saturated carbocycles. The molecule has 6 heteroatoms. The second kappa shape index (κ2) is 5.09. The van der Waals surface area contributed by atoms with Gasteiger partial charge in [0.1, 0.15) is 5.82 Å². The normalized spacial score (nSPS) is 10.6. The van der Waals surface area contributed by atoms with E-state index in [1.165, 1.54) is 35.0 Å². The van der Waals surface area contributed by atoms with Crippen molar-refractivity contribution in [1.29, 1.82) is 0 Å². The number of aryl methyl sites for hydroxylation is 1. The van der Waals surface area contributed by atoms with E-state index in [1.807, 2.05) is 6.92 Å². The van der Waals surface area contributed by atoms with Crippen LogP contribution in [0.3, 0.4) is 0 Å². The largest absolute Gasteiger partial charge is 0.398 e. The Bertz CT molecular complexity index is 719. The topological polar surface area (TPSA) is 70.0 Å². The van der Waals surface area contributed by atoms with Crippen LogP contribution < -0.4 is 17.0 Å². The second-order valence-electron chi connectivity index (χ2n) is 4.15. The van der Waals surface area contributed by atoms with E-state index >= 15 is 0 Å². The summed E-state index contributed by atoms with van der Waals surface area (Å²) in [4.78, 5) is 23.7. The minimum atomic E-state index is -0.451. The van der Waals surface area contributed by atoms with Crippen molar-refractivity contribution in [2.45, 2.75) is 20.0 Å². The van der Waals surface area contributed by atoms with Gasteiger partial charge in [0, 0.05) is 24.5 Å². The number of benzene rings is 1. The molecule has 0 aliphatic rings. The molecule has 0 aliphatic carbocycles. The Labute approximate surface area is 108 Å². The van der Waals surface area contributed by atoms with Gasteiger partial charge in [-0.15, -0.1) is 0 Å². The smallest absolute Gasteiger partial charge is 0.331 e. The van der Waals surface area contributed by atoms with E-state index < -0.39 is 17.1 Å². The first kappa shape index (κ1) is 13.1. The van der Waals surface area contributed by atoms with Crippen LogP contribution in [0.2, 0.25) is 0 Å². The van der Waals surface area contributed by atoms with Crippen LogP contribution in [-0.2, 0) is 13.1 Å². The summed E-state index contributed by atoms with van der Waals surface area (Å²) in [6.07, 6.45) is 1.45. The predicted octanol–water partition coefficient (Wildman–Crippen LogP) is 0.800. The average molecular weight is 263 g/mol. The summed E-state index contributed by atoms with van der Waals surface area (Å²) < 4.78 is 15.4. The van der Waals surface area contributed by atoms with Crippen molar-refractivity contribution >= 4 is 5.69 Å². The summed E-state index contributed by atoms with van der Waals surface area (Å²) in [5.74, 6) is -0.451. The lowest BCUT2D eigenvalue weighted by molar-refractivity contribution is 0.598. The van der Waals surface area contributed by atoms with Crippen molar-refractivity contribution in [3.8, 4) is 0 Å². The van der Waals surface area contributed by atoms with Gasteiger partial charge in [-0.25, -0.2) is 9.18 Å². The number of halogens is 1. The van der Waals surface area contributed by atoms with E-state index in [2.05, 4.69) is 0 Å². The van der Waals surface area contributed by atoms with E-state index in [1.54, 1.807) is 0 Å². The highest BCUT2D eigenvalue weighted by Crippen LogP contribution is 2.13. The molecule has 0 saturated heterocycles. The number of aromatic nitrogens is 2. The molecule has 0 aliphatic heterocycles. The van der Waals surface area contributed by atoms with Crippen molar-refractivity contribution in [1.82, 2.24) is 9.13 Å². The Hall–Kier alpha value is -2.37. The first-order valence-electron chi connectivity index (χ1n) is 5.87. The quantitative estimate of drug-likeness (QED) is 0.833. The number of rotatable bonds is 3. The van der Waals surface area contributed by atoms with Crippen LogP contribution >= 0.6 is 0 Å².